The first kappa shape index (κ1) is 18.0. The third-order valence-corrected chi connectivity index (χ3v) is 3.28. The molecule has 0 aliphatic carbocycles. The summed E-state index contributed by atoms with van der Waals surface area (Å²) in [5.74, 6) is 0. The number of ether oxygens (including phenoxy) is 2. The average Bonchev–Trinajstić information content (AvgIpc) is 2.30. The molecule has 2 N–H and O–H groups in total. The van der Waals surface area contributed by atoms with E-state index in [9.17, 15) is 4.79 Å². The number of hydrogen-bond donors (Lipinski definition) is 4. The lowest BCUT2D eigenvalue weighted by molar-refractivity contribution is 0.0502. The highest BCUT2D eigenvalue weighted by molar-refractivity contribution is 8.84. The van der Waals surface area contributed by atoms with Crippen molar-refractivity contribution < 1.29 is 14.3 Å². The summed E-state index contributed by atoms with van der Waals surface area (Å²) in [5.41, 5.74) is 0. The SMILES string of the molecule is CC(C)NCCOCCOCCNC(=O)[SH](C)S. The number of thiol groups is 2. The Labute approximate surface area is 118 Å². The zero-order chi connectivity index (χ0) is 13.8. The quantitative estimate of drug-likeness (QED) is 0.278. The Morgan fingerprint density at radius 2 is 1.72 bits per heavy atom. The van der Waals surface area contributed by atoms with Crippen LogP contribution in [0.1, 0.15) is 13.8 Å². The highest BCUT2D eigenvalue weighted by Gasteiger charge is 2.01. The normalized spacial score (nSPS) is 13.7. The molecule has 0 aromatic heterocycles. The second-order valence-corrected chi connectivity index (χ2v) is 7.34. The minimum absolute atomic E-state index is 0.00653. The van der Waals surface area contributed by atoms with Crippen molar-refractivity contribution in [1.29, 1.82) is 0 Å². The molecule has 0 aliphatic rings. The maximum Gasteiger partial charge on any atom is 0.267 e. The van der Waals surface area contributed by atoms with Gasteiger partial charge in [0.15, 0.2) is 0 Å². The lowest BCUT2D eigenvalue weighted by Crippen LogP contribution is -2.27. The van der Waals surface area contributed by atoms with Crippen LogP contribution in [-0.4, -0.2) is 57.1 Å². The zero-order valence-electron chi connectivity index (χ0n) is 11.4. The summed E-state index contributed by atoms with van der Waals surface area (Å²) in [6.45, 7) is 7.93. The smallest absolute Gasteiger partial charge is 0.267 e. The standard InChI is InChI=1S/C11H26N2O3S2/c1-10(2)12-4-6-15-8-9-16-7-5-13-11(14)18(3)17/h10,12,17-18H,4-9H2,1-3H3,(H,13,14). The third-order valence-electron chi connectivity index (χ3n) is 1.99. The van der Waals surface area contributed by atoms with Gasteiger partial charge in [0.2, 0.25) is 0 Å². The first-order valence-corrected chi connectivity index (χ1v) is 9.07. The van der Waals surface area contributed by atoms with Crippen molar-refractivity contribution in [2.75, 3.05) is 45.8 Å². The van der Waals surface area contributed by atoms with Gasteiger partial charge in [-0.2, -0.15) is 0 Å². The van der Waals surface area contributed by atoms with E-state index in [-0.39, 0.29) is 5.24 Å². The summed E-state index contributed by atoms with van der Waals surface area (Å²) in [7, 11) is -0.844. The van der Waals surface area contributed by atoms with Gasteiger partial charge in [-0.1, -0.05) is 13.8 Å². The van der Waals surface area contributed by atoms with Crippen molar-refractivity contribution in [3.63, 3.8) is 0 Å². The van der Waals surface area contributed by atoms with Crippen molar-refractivity contribution in [2.24, 2.45) is 0 Å². The number of carbonyl (C=O) groups is 1. The Kier molecular flexibility index (Phi) is 12.1. The fraction of sp³-hybridized carbons (Fsp3) is 0.909. The topological polar surface area (TPSA) is 59.6 Å². The van der Waals surface area contributed by atoms with Crippen molar-refractivity contribution in [3.8, 4) is 0 Å². The molecular formula is C11H26N2O3S2. The molecule has 0 aromatic carbocycles. The fourth-order valence-corrected chi connectivity index (χ4v) is 1.64. The van der Waals surface area contributed by atoms with E-state index in [0.717, 1.165) is 6.54 Å². The number of amides is 1. The summed E-state index contributed by atoms with van der Waals surface area (Å²) in [6, 6.07) is 0.490. The van der Waals surface area contributed by atoms with Gasteiger partial charge in [0.25, 0.3) is 5.24 Å². The fourth-order valence-electron chi connectivity index (χ4n) is 1.09. The molecule has 1 unspecified atom stereocenters. The predicted octanol–water partition coefficient (Wildman–Crippen LogP) is 1.20. The van der Waals surface area contributed by atoms with E-state index in [2.05, 4.69) is 36.1 Å². The van der Waals surface area contributed by atoms with Crippen LogP contribution in [0.15, 0.2) is 0 Å². The van der Waals surface area contributed by atoms with Gasteiger partial charge in [-0.15, -0.1) is 21.6 Å². The van der Waals surface area contributed by atoms with Crippen molar-refractivity contribution >= 4 is 26.8 Å². The summed E-state index contributed by atoms with van der Waals surface area (Å²) in [5, 5.41) is 6.00. The van der Waals surface area contributed by atoms with Crippen LogP contribution in [0.2, 0.25) is 0 Å². The first-order chi connectivity index (χ1) is 8.54. The van der Waals surface area contributed by atoms with E-state index < -0.39 is 9.93 Å². The number of hydrogen-bond acceptors (Lipinski definition) is 5. The van der Waals surface area contributed by atoms with E-state index in [1.165, 1.54) is 0 Å². The molecule has 0 heterocycles. The largest absolute Gasteiger partial charge is 0.378 e. The van der Waals surface area contributed by atoms with E-state index >= 15 is 0 Å². The lowest BCUT2D eigenvalue weighted by atomic mass is 10.4. The molecular weight excluding hydrogens is 272 g/mol. The predicted molar refractivity (Wildman–Crippen MR) is 82.1 cm³/mol. The van der Waals surface area contributed by atoms with Gasteiger partial charge in [0.1, 0.15) is 0 Å². The van der Waals surface area contributed by atoms with Gasteiger partial charge in [0, 0.05) is 19.1 Å². The van der Waals surface area contributed by atoms with Gasteiger partial charge in [-0.3, -0.25) is 4.79 Å². The van der Waals surface area contributed by atoms with E-state index in [0.29, 0.717) is 39.0 Å². The molecule has 0 radical (unpaired) electrons. The van der Waals surface area contributed by atoms with Crippen molar-refractivity contribution in [1.82, 2.24) is 10.6 Å². The van der Waals surface area contributed by atoms with Crippen LogP contribution in [0.25, 0.3) is 0 Å². The van der Waals surface area contributed by atoms with Gasteiger partial charge in [-0.25, -0.2) is 0 Å². The minimum Gasteiger partial charge on any atom is -0.378 e. The summed E-state index contributed by atoms with van der Waals surface area (Å²) >= 11 is 4.08. The Balaban J connectivity index is 3.10. The Morgan fingerprint density at radius 3 is 2.22 bits per heavy atom. The Hall–Kier alpha value is 0.0500. The van der Waals surface area contributed by atoms with Gasteiger partial charge in [0.05, 0.1) is 26.4 Å². The van der Waals surface area contributed by atoms with Crippen LogP contribution in [0.3, 0.4) is 0 Å². The molecule has 0 aliphatic heterocycles. The summed E-state index contributed by atoms with van der Waals surface area (Å²) in [6.07, 6.45) is 1.80. The van der Waals surface area contributed by atoms with Crippen LogP contribution < -0.4 is 10.6 Å². The molecule has 0 rings (SSSR count). The van der Waals surface area contributed by atoms with Crippen LogP contribution in [0, 0.1) is 0 Å². The molecule has 1 atom stereocenters. The van der Waals surface area contributed by atoms with E-state index in [1.807, 2.05) is 0 Å². The molecule has 110 valence electrons. The number of nitrogens with one attached hydrogen (secondary N) is 2. The van der Waals surface area contributed by atoms with Crippen molar-refractivity contribution in [2.45, 2.75) is 19.9 Å². The monoisotopic (exact) mass is 298 g/mol. The Morgan fingerprint density at radius 1 is 1.17 bits per heavy atom. The Bertz CT molecular complexity index is 216. The molecule has 0 spiro atoms. The molecule has 0 saturated heterocycles. The summed E-state index contributed by atoms with van der Waals surface area (Å²) in [4.78, 5) is 11.2. The van der Waals surface area contributed by atoms with E-state index in [4.69, 9.17) is 9.47 Å². The van der Waals surface area contributed by atoms with Gasteiger partial charge >= 0.3 is 0 Å². The average molecular weight is 298 g/mol. The molecule has 7 heteroatoms. The highest BCUT2D eigenvalue weighted by atomic mass is 33.1. The van der Waals surface area contributed by atoms with Crippen LogP contribution in [-0.2, 0) is 9.47 Å². The second-order valence-electron chi connectivity index (χ2n) is 4.09. The molecule has 0 fully saturated rings. The molecule has 5 nitrogen and oxygen atoms in total. The number of carbonyl (C=O) groups excluding carboxylic acids is 1. The first-order valence-electron chi connectivity index (χ1n) is 6.13. The maximum atomic E-state index is 11.2. The molecule has 0 bridgehead atoms. The lowest BCUT2D eigenvalue weighted by Gasteiger charge is -2.10. The zero-order valence-corrected chi connectivity index (χ0v) is 13.2. The van der Waals surface area contributed by atoms with Crippen LogP contribution in [0.5, 0.6) is 0 Å². The van der Waals surface area contributed by atoms with E-state index in [1.54, 1.807) is 6.26 Å². The van der Waals surface area contributed by atoms with Gasteiger partial charge in [-0.05, 0) is 6.26 Å². The molecule has 1 amide bonds. The third kappa shape index (κ3) is 12.5. The van der Waals surface area contributed by atoms with Crippen LogP contribution in [0.4, 0.5) is 4.79 Å². The summed E-state index contributed by atoms with van der Waals surface area (Å²) < 4.78 is 10.7. The maximum absolute atomic E-state index is 11.2. The molecule has 0 aromatic rings. The number of rotatable bonds is 10. The molecule has 18 heavy (non-hydrogen) atoms. The molecule has 0 saturated carbocycles. The van der Waals surface area contributed by atoms with Crippen molar-refractivity contribution in [3.05, 3.63) is 0 Å². The van der Waals surface area contributed by atoms with Crippen LogP contribution >= 0.6 is 21.6 Å². The highest BCUT2D eigenvalue weighted by Crippen LogP contribution is 2.24. The minimum atomic E-state index is -0.844. The second kappa shape index (κ2) is 12.1. The van der Waals surface area contributed by atoms with Gasteiger partial charge < -0.3 is 20.1 Å².